The molecule has 5 nitrogen and oxygen atoms in total. The van der Waals surface area contributed by atoms with Crippen LogP contribution in [-0.2, 0) is 17.6 Å². The van der Waals surface area contributed by atoms with E-state index >= 15 is 0 Å². The number of methoxy groups -OCH3 is 1. The third-order valence-electron chi connectivity index (χ3n) is 7.18. The standard InChI is InChI=1S/C27H37N3O2S/c1-27(2,32-5)14-12-23-16-24-26(33-23)25(31)20(17-28-24)9-6-19-7-10-21(11-8-19)30-15-13-22(18-30)29(3)4/h7-8,10-11,16-17,20,22H,6,9,12-15,18H2,1-5H3. The van der Waals surface area contributed by atoms with E-state index in [1.165, 1.54) is 22.5 Å². The normalized spacial score (nSPS) is 20.7. The first-order valence-electron chi connectivity index (χ1n) is 12.0. The van der Waals surface area contributed by atoms with Gasteiger partial charge in [0.05, 0.1) is 22.1 Å². The molecule has 0 spiro atoms. The van der Waals surface area contributed by atoms with Crippen LogP contribution in [0.5, 0.6) is 0 Å². The van der Waals surface area contributed by atoms with E-state index in [1.54, 1.807) is 18.4 Å². The number of carbonyl (C=O) groups excluding carboxylic acids is 1. The molecule has 0 amide bonds. The SMILES string of the molecule is COC(C)(C)CCc1cc2c(s1)C(=O)C(CCc1ccc(N3CCC(N(C)C)C3)cc1)C=N2. The van der Waals surface area contributed by atoms with Crippen molar-refractivity contribution in [2.45, 2.75) is 57.6 Å². The van der Waals surface area contributed by atoms with Gasteiger partial charge in [-0.05, 0) is 83.8 Å². The van der Waals surface area contributed by atoms with E-state index in [4.69, 9.17) is 4.74 Å². The molecule has 2 aliphatic heterocycles. The van der Waals surface area contributed by atoms with E-state index in [0.29, 0.717) is 6.04 Å². The number of thiophene rings is 1. The van der Waals surface area contributed by atoms with Crippen LogP contribution in [0.3, 0.4) is 0 Å². The van der Waals surface area contributed by atoms with Gasteiger partial charge >= 0.3 is 0 Å². The molecular formula is C27H37N3O2S. The van der Waals surface area contributed by atoms with Crippen LogP contribution < -0.4 is 4.90 Å². The summed E-state index contributed by atoms with van der Waals surface area (Å²) in [5.74, 6) is 0.101. The second kappa shape index (κ2) is 10.1. The van der Waals surface area contributed by atoms with Crippen molar-refractivity contribution < 1.29 is 9.53 Å². The highest BCUT2D eigenvalue weighted by molar-refractivity contribution is 7.14. The summed E-state index contributed by atoms with van der Waals surface area (Å²) in [4.78, 5) is 24.6. The number of aryl methyl sites for hydroxylation is 2. The Morgan fingerprint density at radius 3 is 2.64 bits per heavy atom. The lowest BCUT2D eigenvalue weighted by Crippen LogP contribution is -2.31. The van der Waals surface area contributed by atoms with E-state index in [-0.39, 0.29) is 17.3 Å². The molecule has 33 heavy (non-hydrogen) atoms. The summed E-state index contributed by atoms with van der Waals surface area (Å²) in [5.41, 5.74) is 3.27. The number of Topliss-reactive ketones (excluding diaryl/α,β-unsaturated/α-hetero) is 1. The van der Waals surface area contributed by atoms with Crippen molar-refractivity contribution in [3.8, 4) is 0 Å². The zero-order valence-corrected chi connectivity index (χ0v) is 21.5. The first-order valence-corrected chi connectivity index (χ1v) is 12.8. The summed E-state index contributed by atoms with van der Waals surface area (Å²) in [6.07, 6.45) is 6.60. The van der Waals surface area contributed by atoms with Crippen LogP contribution in [-0.4, -0.2) is 62.8 Å². The minimum absolute atomic E-state index is 0.126. The maximum atomic E-state index is 13.1. The van der Waals surface area contributed by atoms with Crippen LogP contribution in [0.4, 0.5) is 11.4 Å². The molecule has 2 aliphatic rings. The number of ether oxygens (including phenoxy) is 1. The largest absolute Gasteiger partial charge is 0.379 e. The molecule has 3 heterocycles. The van der Waals surface area contributed by atoms with Crippen molar-refractivity contribution in [1.82, 2.24) is 4.90 Å². The Hall–Kier alpha value is -2.02. The number of ketones is 1. The molecule has 2 aromatic rings. The van der Waals surface area contributed by atoms with Gasteiger partial charge in [0.25, 0.3) is 0 Å². The zero-order valence-electron chi connectivity index (χ0n) is 20.6. The highest BCUT2D eigenvalue weighted by Crippen LogP contribution is 2.36. The fraction of sp³-hybridized carbons (Fsp3) is 0.556. The second-order valence-corrected chi connectivity index (χ2v) is 11.3. The Balaban J connectivity index is 1.32. The Labute approximate surface area is 202 Å². The smallest absolute Gasteiger partial charge is 0.183 e. The number of anilines is 1. The summed E-state index contributed by atoms with van der Waals surface area (Å²) in [5, 5.41) is 0. The van der Waals surface area contributed by atoms with Gasteiger partial charge in [-0.1, -0.05) is 12.1 Å². The number of fused-ring (bicyclic) bond motifs is 1. The van der Waals surface area contributed by atoms with Gasteiger partial charge in [0, 0.05) is 43.0 Å². The lowest BCUT2D eigenvalue weighted by atomic mass is 9.93. The van der Waals surface area contributed by atoms with Crippen LogP contribution >= 0.6 is 11.3 Å². The number of hydrogen-bond donors (Lipinski definition) is 0. The van der Waals surface area contributed by atoms with Gasteiger partial charge in [-0.25, -0.2) is 0 Å². The average molecular weight is 468 g/mol. The molecule has 0 aliphatic carbocycles. The highest BCUT2D eigenvalue weighted by atomic mass is 32.1. The van der Waals surface area contributed by atoms with Crippen LogP contribution in [0, 0.1) is 5.92 Å². The number of likely N-dealkylation sites (N-methyl/N-ethyl adjacent to an activating group) is 1. The second-order valence-electron chi connectivity index (χ2n) is 10.2. The van der Waals surface area contributed by atoms with Gasteiger partial charge in [0.15, 0.2) is 5.78 Å². The monoisotopic (exact) mass is 467 g/mol. The molecule has 4 rings (SSSR count). The molecule has 0 radical (unpaired) electrons. The van der Waals surface area contributed by atoms with Crippen LogP contribution in [0.1, 0.15) is 53.2 Å². The van der Waals surface area contributed by atoms with Gasteiger partial charge in [-0.15, -0.1) is 11.3 Å². The maximum absolute atomic E-state index is 13.1. The summed E-state index contributed by atoms with van der Waals surface area (Å²) in [6, 6.07) is 11.6. The number of rotatable bonds is 9. The van der Waals surface area contributed by atoms with Crippen molar-refractivity contribution in [2.75, 3.05) is 39.2 Å². The molecule has 1 fully saturated rings. The fourth-order valence-corrected chi connectivity index (χ4v) is 5.66. The summed E-state index contributed by atoms with van der Waals surface area (Å²) in [7, 11) is 6.07. The minimum Gasteiger partial charge on any atom is -0.379 e. The van der Waals surface area contributed by atoms with Gasteiger partial charge in [0.2, 0.25) is 0 Å². The lowest BCUT2D eigenvalue weighted by Gasteiger charge is -2.22. The fourth-order valence-electron chi connectivity index (χ4n) is 4.56. The topological polar surface area (TPSA) is 45.1 Å². The molecule has 1 aromatic heterocycles. The first-order chi connectivity index (χ1) is 15.8. The zero-order chi connectivity index (χ0) is 23.6. The molecule has 0 bridgehead atoms. The third-order valence-corrected chi connectivity index (χ3v) is 8.38. The molecule has 0 N–H and O–H groups in total. The average Bonchev–Trinajstić information content (AvgIpc) is 3.46. The molecule has 1 aromatic carbocycles. The lowest BCUT2D eigenvalue weighted by molar-refractivity contribution is 0.0159. The quantitative estimate of drug-likeness (QED) is 0.496. The van der Waals surface area contributed by atoms with Crippen molar-refractivity contribution in [1.29, 1.82) is 0 Å². The van der Waals surface area contributed by atoms with Gasteiger partial charge in [0.1, 0.15) is 0 Å². The van der Waals surface area contributed by atoms with Gasteiger partial charge < -0.3 is 14.5 Å². The molecule has 0 saturated carbocycles. The van der Waals surface area contributed by atoms with E-state index in [1.807, 2.05) is 6.21 Å². The predicted octanol–water partition coefficient (Wildman–Crippen LogP) is 5.39. The van der Waals surface area contributed by atoms with Crippen molar-refractivity contribution in [2.24, 2.45) is 10.9 Å². The summed E-state index contributed by atoms with van der Waals surface area (Å²) >= 11 is 1.61. The van der Waals surface area contributed by atoms with Gasteiger partial charge in [-0.3, -0.25) is 9.79 Å². The molecule has 2 atom stereocenters. The Bertz CT molecular complexity index is 993. The van der Waals surface area contributed by atoms with E-state index in [9.17, 15) is 4.79 Å². The Morgan fingerprint density at radius 1 is 1.21 bits per heavy atom. The Kier molecular flexibility index (Phi) is 7.37. The van der Waals surface area contributed by atoms with Crippen LogP contribution in [0.2, 0.25) is 0 Å². The van der Waals surface area contributed by atoms with Crippen LogP contribution in [0.25, 0.3) is 0 Å². The van der Waals surface area contributed by atoms with Gasteiger partial charge in [-0.2, -0.15) is 0 Å². The van der Waals surface area contributed by atoms with E-state index in [0.717, 1.165) is 49.3 Å². The van der Waals surface area contributed by atoms with Crippen molar-refractivity contribution in [3.05, 3.63) is 45.6 Å². The molecule has 178 valence electrons. The van der Waals surface area contributed by atoms with Crippen LogP contribution in [0.15, 0.2) is 35.3 Å². The Morgan fingerprint density at radius 2 is 1.97 bits per heavy atom. The number of aliphatic imine (C=N–C) groups is 1. The van der Waals surface area contributed by atoms with Crippen molar-refractivity contribution >= 4 is 34.7 Å². The number of benzene rings is 1. The molecule has 1 saturated heterocycles. The summed E-state index contributed by atoms with van der Waals surface area (Å²) in [6.45, 7) is 6.40. The predicted molar refractivity (Wildman–Crippen MR) is 139 cm³/mol. The first kappa shape index (κ1) is 24.1. The molecular weight excluding hydrogens is 430 g/mol. The summed E-state index contributed by atoms with van der Waals surface area (Å²) < 4.78 is 5.53. The number of nitrogens with zero attached hydrogens (tertiary/aromatic N) is 3. The van der Waals surface area contributed by atoms with E-state index in [2.05, 4.69) is 73.1 Å². The molecule has 6 heteroatoms. The number of hydrogen-bond acceptors (Lipinski definition) is 6. The van der Waals surface area contributed by atoms with Crippen molar-refractivity contribution in [3.63, 3.8) is 0 Å². The highest BCUT2D eigenvalue weighted by Gasteiger charge is 2.28. The van der Waals surface area contributed by atoms with E-state index < -0.39 is 0 Å². The maximum Gasteiger partial charge on any atom is 0.183 e. The number of carbonyl (C=O) groups is 1. The molecule has 2 unspecified atom stereocenters. The minimum atomic E-state index is -0.154. The third kappa shape index (κ3) is 5.73.